The molecule has 4 aromatic rings. The molecule has 0 saturated carbocycles. The average molecular weight is 354 g/mol. The van der Waals surface area contributed by atoms with Crippen LogP contribution in [0, 0.1) is 13.8 Å². The smallest absolute Gasteiger partial charge is 0.196 e. The van der Waals surface area contributed by atoms with E-state index in [0.717, 1.165) is 21.6 Å². The van der Waals surface area contributed by atoms with Crippen LogP contribution in [0.2, 0.25) is 5.02 Å². The third-order valence-corrected chi connectivity index (χ3v) is 5.38. The molecule has 4 rings (SSSR count). The quantitative estimate of drug-likeness (QED) is 0.459. The minimum atomic E-state index is 0.760. The summed E-state index contributed by atoms with van der Waals surface area (Å²) >= 11 is 7.75. The van der Waals surface area contributed by atoms with Gasteiger partial charge in [0.1, 0.15) is 0 Å². The molecule has 0 spiro atoms. The second-order valence-corrected chi connectivity index (χ2v) is 7.27. The molecule has 0 saturated heterocycles. The Morgan fingerprint density at radius 2 is 1.83 bits per heavy atom. The van der Waals surface area contributed by atoms with Crippen molar-refractivity contribution in [2.75, 3.05) is 0 Å². The highest BCUT2D eigenvalue weighted by Crippen LogP contribution is 2.29. The van der Waals surface area contributed by atoms with Crippen LogP contribution in [-0.4, -0.2) is 14.6 Å². The first-order valence-electron chi connectivity index (χ1n) is 7.75. The number of pyridine rings is 1. The van der Waals surface area contributed by atoms with Crippen molar-refractivity contribution in [1.82, 2.24) is 14.6 Å². The first kappa shape index (κ1) is 15.5. The molecular formula is C19H16ClN3S. The topological polar surface area (TPSA) is 30.2 Å². The number of fused-ring (bicyclic) bond motifs is 3. The summed E-state index contributed by atoms with van der Waals surface area (Å²) in [7, 11) is 0. The number of halogens is 1. The molecule has 0 bridgehead atoms. The predicted molar refractivity (Wildman–Crippen MR) is 101 cm³/mol. The van der Waals surface area contributed by atoms with Crippen LogP contribution in [0.15, 0.2) is 53.7 Å². The normalized spacial score (nSPS) is 11.5. The van der Waals surface area contributed by atoms with E-state index in [-0.39, 0.29) is 0 Å². The van der Waals surface area contributed by atoms with Crippen LogP contribution in [0.25, 0.3) is 16.6 Å². The second-order valence-electron chi connectivity index (χ2n) is 5.89. The Bertz CT molecular complexity index is 1060. The first-order chi connectivity index (χ1) is 11.6. The predicted octanol–water partition coefficient (Wildman–Crippen LogP) is 5.45. The van der Waals surface area contributed by atoms with Gasteiger partial charge in [-0.05, 0) is 48.7 Å². The van der Waals surface area contributed by atoms with E-state index in [4.69, 9.17) is 11.6 Å². The van der Waals surface area contributed by atoms with E-state index in [2.05, 4.69) is 58.8 Å². The number of aromatic nitrogens is 3. The van der Waals surface area contributed by atoms with Gasteiger partial charge in [0.2, 0.25) is 0 Å². The summed E-state index contributed by atoms with van der Waals surface area (Å²) in [6.07, 6.45) is 0. The molecule has 2 aromatic carbocycles. The molecule has 0 N–H and O–H groups in total. The van der Waals surface area contributed by atoms with Gasteiger partial charge in [0.05, 0.1) is 5.52 Å². The molecule has 2 aromatic heterocycles. The van der Waals surface area contributed by atoms with E-state index in [9.17, 15) is 0 Å². The minimum absolute atomic E-state index is 0.760. The van der Waals surface area contributed by atoms with Gasteiger partial charge in [-0.25, -0.2) is 0 Å². The van der Waals surface area contributed by atoms with Crippen molar-refractivity contribution in [3.8, 4) is 0 Å². The van der Waals surface area contributed by atoms with Crippen LogP contribution in [0.1, 0.15) is 16.7 Å². The van der Waals surface area contributed by atoms with Crippen LogP contribution >= 0.6 is 23.4 Å². The van der Waals surface area contributed by atoms with Crippen molar-refractivity contribution in [3.05, 3.63) is 70.2 Å². The van der Waals surface area contributed by atoms with Crippen molar-refractivity contribution in [1.29, 1.82) is 0 Å². The molecule has 0 amide bonds. The lowest BCUT2D eigenvalue weighted by Crippen LogP contribution is -1.95. The molecule has 0 unspecified atom stereocenters. The summed E-state index contributed by atoms with van der Waals surface area (Å²) in [4.78, 5) is 0. The zero-order valence-electron chi connectivity index (χ0n) is 13.5. The maximum absolute atomic E-state index is 6.07. The standard InChI is InChI=1S/C19H16ClN3S/c1-12-5-3-8-16-13(2)9-17-21-22-19(23(17)18(12)16)24-11-14-6-4-7-15(20)10-14/h3-10H,11H2,1-2H3. The highest BCUT2D eigenvalue weighted by molar-refractivity contribution is 7.98. The molecule has 120 valence electrons. The number of benzene rings is 2. The molecule has 24 heavy (non-hydrogen) atoms. The fourth-order valence-electron chi connectivity index (χ4n) is 3.00. The van der Waals surface area contributed by atoms with E-state index in [1.54, 1.807) is 11.8 Å². The number of para-hydroxylation sites is 1. The summed E-state index contributed by atoms with van der Waals surface area (Å²) < 4.78 is 2.16. The third kappa shape index (κ3) is 2.66. The zero-order valence-corrected chi connectivity index (χ0v) is 15.0. The molecule has 0 radical (unpaired) electrons. The van der Waals surface area contributed by atoms with Gasteiger partial charge >= 0.3 is 0 Å². The summed E-state index contributed by atoms with van der Waals surface area (Å²) in [5.41, 5.74) is 5.71. The second kappa shape index (κ2) is 6.11. The van der Waals surface area contributed by atoms with Crippen LogP contribution in [-0.2, 0) is 5.75 Å². The third-order valence-electron chi connectivity index (χ3n) is 4.15. The maximum Gasteiger partial charge on any atom is 0.196 e. The van der Waals surface area contributed by atoms with E-state index in [0.29, 0.717) is 0 Å². The van der Waals surface area contributed by atoms with E-state index >= 15 is 0 Å². The fourth-order valence-corrected chi connectivity index (χ4v) is 4.10. The van der Waals surface area contributed by atoms with Gasteiger partial charge < -0.3 is 0 Å². The summed E-state index contributed by atoms with van der Waals surface area (Å²) in [5, 5.41) is 11.7. The Balaban J connectivity index is 1.82. The Morgan fingerprint density at radius 1 is 1.00 bits per heavy atom. The number of hydrogen-bond acceptors (Lipinski definition) is 3. The molecule has 0 aliphatic heterocycles. The van der Waals surface area contributed by atoms with Gasteiger partial charge in [0.25, 0.3) is 0 Å². The summed E-state index contributed by atoms with van der Waals surface area (Å²) in [6.45, 7) is 4.25. The van der Waals surface area contributed by atoms with Gasteiger partial charge in [-0.2, -0.15) is 0 Å². The Labute approximate surface area is 149 Å². The number of hydrogen-bond donors (Lipinski definition) is 0. The van der Waals surface area contributed by atoms with Crippen molar-refractivity contribution >= 4 is 39.9 Å². The monoisotopic (exact) mass is 353 g/mol. The van der Waals surface area contributed by atoms with Crippen LogP contribution in [0.4, 0.5) is 0 Å². The van der Waals surface area contributed by atoms with Gasteiger partial charge in [0.15, 0.2) is 10.8 Å². The number of rotatable bonds is 3. The largest absolute Gasteiger partial charge is 0.270 e. The molecule has 0 fully saturated rings. The molecule has 2 heterocycles. The number of aryl methyl sites for hydroxylation is 2. The van der Waals surface area contributed by atoms with E-state index < -0.39 is 0 Å². The van der Waals surface area contributed by atoms with Crippen molar-refractivity contribution in [3.63, 3.8) is 0 Å². The van der Waals surface area contributed by atoms with Crippen molar-refractivity contribution < 1.29 is 0 Å². The van der Waals surface area contributed by atoms with Gasteiger partial charge in [-0.1, -0.05) is 53.7 Å². The van der Waals surface area contributed by atoms with Gasteiger partial charge in [-0.3, -0.25) is 4.40 Å². The number of nitrogens with zero attached hydrogens (tertiary/aromatic N) is 3. The Morgan fingerprint density at radius 3 is 2.67 bits per heavy atom. The van der Waals surface area contributed by atoms with E-state index in [1.807, 2.05) is 18.2 Å². The Kier molecular flexibility index (Phi) is 3.94. The van der Waals surface area contributed by atoms with Crippen LogP contribution in [0.5, 0.6) is 0 Å². The van der Waals surface area contributed by atoms with Gasteiger partial charge in [-0.15, -0.1) is 10.2 Å². The van der Waals surface area contributed by atoms with Crippen molar-refractivity contribution in [2.24, 2.45) is 0 Å². The molecular weight excluding hydrogens is 338 g/mol. The van der Waals surface area contributed by atoms with Crippen LogP contribution in [0.3, 0.4) is 0 Å². The highest BCUT2D eigenvalue weighted by Gasteiger charge is 2.13. The molecule has 5 heteroatoms. The summed E-state index contributed by atoms with van der Waals surface area (Å²) in [5.74, 6) is 0.808. The maximum atomic E-state index is 6.07. The first-order valence-corrected chi connectivity index (χ1v) is 9.11. The van der Waals surface area contributed by atoms with Gasteiger partial charge in [0, 0.05) is 16.2 Å². The minimum Gasteiger partial charge on any atom is -0.270 e. The fraction of sp³-hybridized carbons (Fsp3) is 0.158. The molecule has 0 aliphatic rings. The molecule has 0 atom stereocenters. The SMILES string of the molecule is Cc1cc2nnc(SCc3cccc(Cl)c3)n2c2c(C)cccc12. The van der Waals surface area contributed by atoms with Crippen molar-refractivity contribution in [2.45, 2.75) is 24.8 Å². The lowest BCUT2D eigenvalue weighted by atomic mass is 10.1. The zero-order chi connectivity index (χ0) is 16.7. The number of thioether (sulfide) groups is 1. The lowest BCUT2D eigenvalue weighted by Gasteiger charge is -2.10. The summed E-state index contributed by atoms with van der Waals surface area (Å²) in [6, 6.07) is 16.4. The molecule has 3 nitrogen and oxygen atoms in total. The van der Waals surface area contributed by atoms with Crippen LogP contribution < -0.4 is 0 Å². The average Bonchev–Trinajstić information content (AvgIpc) is 2.96. The van der Waals surface area contributed by atoms with E-state index in [1.165, 1.54) is 27.6 Å². The highest BCUT2D eigenvalue weighted by atomic mass is 35.5. The molecule has 0 aliphatic carbocycles. The lowest BCUT2D eigenvalue weighted by molar-refractivity contribution is 0.938. The Hall–Kier alpha value is -2.04.